The van der Waals surface area contributed by atoms with Gasteiger partial charge < -0.3 is 8.84 Å². The van der Waals surface area contributed by atoms with Crippen molar-refractivity contribution in [1.29, 1.82) is 0 Å². The second kappa shape index (κ2) is 6.75. The largest absolute Gasteiger partial charge is 0.542 e. The fourth-order valence-corrected chi connectivity index (χ4v) is 9.60. The topological polar surface area (TPSA) is 39.4 Å². The van der Waals surface area contributed by atoms with Crippen LogP contribution in [0.2, 0.25) is 16.6 Å². The van der Waals surface area contributed by atoms with Gasteiger partial charge in [-0.3, -0.25) is 4.79 Å². The van der Waals surface area contributed by atoms with Crippen molar-refractivity contribution in [2.45, 2.75) is 72.0 Å². The molecule has 0 spiro atoms. The molecule has 0 unspecified atom stereocenters. The molecule has 2 aromatic rings. The van der Waals surface area contributed by atoms with E-state index in [9.17, 15) is 4.79 Å². The van der Waals surface area contributed by atoms with Gasteiger partial charge in [-0.15, -0.1) is 0 Å². The summed E-state index contributed by atoms with van der Waals surface area (Å²) >= 11 is 0. The summed E-state index contributed by atoms with van der Waals surface area (Å²) in [6.07, 6.45) is 1.47. The van der Waals surface area contributed by atoms with Crippen LogP contribution >= 0.6 is 0 Å². The molecule has 132 valence electrons. The Morgan fingerprint density at radius 2 is 1.54 bits per heavy atom. The molecule has 0 saturated carbocycles. The van der Waals surface area contributed by atoms with Crippen LogP contribution in [0.1, 0.15) is 52.7 Å². The average molecular weight is 347 g/mol. The van der Waals surface area contributed by atoms with Crippen LogP contribution in [-0.4, -0.2) is 8.32 Å². The van der Waals surface area contributed by atoms with E-state index in [1.165, 1.54) is 12.3 Å². The highest BCUT2D eigenvalue weighted by molar-refractivity contribution is 6.78. The van der Waals surface area contributed by atoms with Crippen molar-refractivity contribution in [2.24, 2.45) is 0 Å². The van der Waals surface area contributed by atoms with Gasteiger partial charge in [0.2, 0.25) is 0 Å². The summed E-state index contributed by atoms with van der Waals surface area (Å²) in [4.78, 5) is 12.1. The Labute approximate surface area is 146 Å². The van der Waals surface area contributed by atoms with Gasteiger partial charge in [-0.25, -0.2) is 0 Å². The lowest BCUT2D eigenvalue weighted by atomic mass is 10.1. The Morgan fingerprint density at radius 3 is 2.04 bits per heavy atom. The Balaban J connectivity index is 2.70. The molecule has 0 aliphatic rings. The van der Waals surface area contributed by atoms with Crippen molar-refractivity contribution >= 4 is 19.3 Å². The summed E-state index contributed by atoms with van der Waals surface area (Å²) in [6, 6.07) is 3.38. The van der Waals surface area contributed by atoms with Crippen molar-refractivity contribution in [3.63, 3.8) is 0 Å². The maximum atomic E-state index is 12.1. The molecule has 0 aliphatic carbocycles. The predicted octanol–water partition coefficient (Wildman–Crippen LogP) is 5.96. The molecule has 0 N–H and O–H groups in total. The second-order valence-corrected chi connectivity index (χ2v) is 13.1. The lowest BCUT2D eigenvalue weighted by Gasteiger charge is -2.43. The number of hydrogen-bond donors (Lipinski definition) is 0. The first kappa shape index (κ1) is 18.8. The standard InChI is InChI=1S/C20H30O3Si/c1-12(2)24(13(3)4,14(5)6)23-19-15(7)11-17-18(21)9-10-22-20(17)16(19)8/h9-14H,1-8H3. The minimum atomic E-state index is -2.05. The first-order valence-corrected chi connectivity index (χ1v) is 11.0. The molecule has 0 aliphatic heterocycles. The Bertz CT molecular complexity index is 766. The van der Waals surface area contributed by atoms with Crippen LogP contribution in [-0.2, 0) is 0 Å². The van der Waals surface area contributed by atoms with Crippen LogP contribution in [0.4, 0.5) is 0 Å². The Hall–Kier alpha value is -1.55. The fraction of sp³-hybridized carbons (Fsp3) is 0.550. The van der Waals surface area contributed by atoms with E-state index in [0.717, 1.165) is 16.9 Å². The second-order valence-electron chi connectivity index (χ2n) is 7.73. The summed E-state index contributed by atoms with van der Waals surface area (Å²) < 4.78 is 12.5. The molecule has 24 heavy (non-hydrogen) atoms. The normalized spacial score (nSPS) is 12.6. The molecule has 3 nitrogen and oxygen atoms in total. The van der Waals surface area contributed by atoms with Crippen LogP contribution in [0, 0.1) is 13.8 Å². The van der Waals surface area contributed by atoms with E-state index in [4.69, 9.17) is 8.84 Å². The van der Waals surface area contributed by atoms with E-state index in [1.54, 1.807) is 0 Å². The highest BCUT2D eigenvalue weighted by Gasteiger charge is 2.47. The van der Waals surface area contributed by atoms with Crippen molar-refractivity contribution < 1.29 is 8.84 Å². The summed E-state index contributed by atoms with van der Waals surface area (Å²) in [5.74, 6) is 0.902. The van der Waals surface area contributed by atoms with Gasteiger partial charge >= 0.3 is 0 Å². The number of hydrogen-bond acceptors (Lipinski definition) is 3. The highest BCUT2D eigenvalue weighted by Crippen LogP contribution is 2.44. The Kier molecular flexibility index (Phi) is 5.28. The number of fused-ring (bicyclic) bond motifs is 1. The van der Waals surface area contributed by atoms with Crippen LogP contribution < -0.4 is 9.85 Å². The first-order chi connectivity index (χ1) is 11.1. The molecule has 0 fully saturated rings. The molecule has 0 saturated heterocycles. The van der Waals surface area contributed by atoms with Crippen LogP contribution in [0.3, 0.4) is 0 Å². The van der Waals surface area contributed by atoms with Crippen LogP contribution in [0.15, 0.2) is 27.6 Å². The maximum absolute atomic E-state index is 12.1. The molecule has 0 amide bonds. The van der Waals surface area contributed by atoms with Crippen molar-refractivity contribution in [2.75, 3.05) is 0 Å². The van der Waals surface area contributed by atoms with Gasteiger partial charge in [0.05, 0.1) is 11.6 Å². The van der Waals surface area contributed by atoms with E-state index in [2.05, 4.69) is 41.5 Å². The van der Waals surface area contributed by atoms with E-state index in [1.807, 2.05) is 19.9 Å². The third-order valence-corrected chi connectivity index (χ3v) is 11.3. The molecule has 1 heterocycles. The van der Waals surface area contributed by atoms with E-state index in [-0.39, 0.29) is 5.43 Å². The van der Waals surface area contributed by atoms with Gasteiger partial charge in [-0.05, 0) is 42.1 Å². The molecule has 0 atom stereocenters. The molecular formula is C20H30O3Si. The number of aryl methyl sites for hydroxylation is 2. The zero-order valence-corrected chi connectivity index (χ0v) is 17.2. The summed E-state index contributed by atoms with van der Waals surface area (Å²) in [5, 5.41) is 0.630. The molecular weight excluding hydrogens is 316 g/mol. The van der Waals surface area contributed by atoms with Gasteiger partial charge in [0.25, 0.3) is 8.32 Å². The minimum absolute atomic E-state index is 0.00548. The van der Waals surface area contributed by atoms with Crippen molar-refractivity contribution in [3.05, 3.63) is 39.7 Å². The average Bonchev–Trinajstić information content (AvgIpc) is 2.47. The smallest absolute Gasteiger partial charge is 0.258 e. The lowest BCUT2D eigenvalue weighted by Crippen LogP contribution is -2.51. The van der Waals surface area contributed by atoms with E-state index < -0.39 is 8.32 Å². The minimum Gasteiger partial charge on any atom is -0.542 e. The molecule has 1 aromatic heterocycles. The fourth-order valence-electron chi connectivity index (χ4n) is 4.22. The van der Waals surface area contributed by atoms with Gasteiger partial charge in [-0.2, -0.15) is 0 Å². The molecule has 2 rings (SSSR count). The predicted molar refractivity (Wildman–Crippen MR) is 104 cm³/mol. The quantitative estimate of drug-likeness (QED) is 0.627. The lowest BCUT2D eigenvalue weighted by molar-refractivity contribution is 0.472. The van der Waals surface area contributed by atoms with Gasteiger partial charge in [0.15, 0.2) is 5.43 Å². The third kappa shape index (κ3) is 2.92. The molecule has 1 aromatic carbocycles. The van der Waals surface area contributed by atoms with Gasteiger partial charge in [-0.1, -0.05) is 41.5 Å². The van der Waals surface area contributed by atoms with Crippen molar-refractivity contribution in [1.82, 2.24) is 0 Å². The van der Waals surface area contributed by atoms with E-state index in [0.29, 0.717) is 27.6 Å². The van der Waals surface area contributed by atoms with Gasteiger partial charge in [0, 0.05) is 11.6 Å². The summed E-state index contributed by atoms with van der Waals surface area (Å²) in [5.41, 5.74) is 4.06. The van der Waals surface area contributed by atoms with Crippen molar-refractivity contribution in [3.8, 4) is 5.75 Å². The molecule has 0 radical (unpaired) electrons. The molecule has 4 heteroatoms. The van der Waals surface area contributed by atoms with Gasteiger partial charge in [0.1, 0.15) is 11.3 Å². The number of benzene rings is 1. The van der Waals surface area contributed by atoms with Crippen LogP contribution in [0.5, 0.6) is 5.75 Å². The highest BCUT2D eigenvalue weighted by atomic mass is 28.4. The summed E-state index contributed by atoms with van der Waals surface area (Å²) in [7, 11) is -2.05. The maximum Gasteiger partial charge on any atom is 0.258 e. The molecule has 0 bridgehead atoms. The monoisotopic (exact) mass is 346 g/mol. The number of rotatable bonds is 5. The zero-order chi connectivity index (χ0) is 18.2. The third-order valence-electron chi connectivity index (χ3n) is 5.30. The zero-order valence-electron chi connectivity index (χ0n) is 16.2. The SMILES string of the molecule is Cc1cc2c(=O)ccoc2c(C)c1O[Si](C(C)C)(C(C)C)C(C)C. The van der Waals surface area contributed by atoms with E-state index >= 15 is 0 Å². The Morgan fingerprint density at radius 1 is 1.00 bits per heavy atom. The summed E-state index contributed by atoms with van der Waals surface area (Å²) in [6.45, 7) is 17.7. The first-order valence-electron chi connectivity index (χ1n) is 8.83. The van der Waals surface area contributed by atoms with Crippen LogP contribution in [0.25, 0.3) is 11.0 Å².